The van der Waals surface area contributed by atoms with E-state index in [1.54, 1.807) is 0 Å². The van der Waals surface area contributed by atoms with Gasteiger partial charge in [0, 0.05) is 11.7 Å². The summed E-state index contributed by atoms with van der Waals surface area (Å²) in [6.07, 6.45) is 0. The topological polar surface area (TPSA) is 61.4 Å². The lowest BCUT2D eigenvalue weighted by Crippen LogP contribution is -2.18. The number of nitrogens with one attached hydrogen (secondary N) is 2. The number of carbonyl (C=O) groups is 1. The third kappa shape index (κ3) is 3.54. The Morgan fingerprint density at radius 1 is 1.24 bits per heavy atom. The number of aromatic hydroxyl groups is 1. The molecule has 0 saturated heterocycles. The lowest BCUT2D eigenvalue weighted by molar-refractivity contribution is 0.102. The van der Waals surface area contributed by atoms with Gasteiger partial charge < -0.3 is 15.7 Å². The number of amides is 1. The SMILES string of the molecule is CNC(C)c1ccccc1NC(=O)c1cc(O)ccc1Cl. The van der Waals surface area contributed by atoms with E-state index in [0.29, 0.717) is 10.7 Å². The Hall–Kier alpha value is -2.04. The molecule has 3 N–H and O–H groups in total. The molecular formula is C16H17ClN2O2. The third-order valence-corrected chi connectivity index (χ3v) is 3.63. The maximum Gasteiger partial charge on any atom is 0.257 e. The molecule has 1 unspecified atom stereocenters. The van der Waals surface area contributed by atoms with Gasteiger partial charge in [0.15, 0.2) is 0 Å². The molecular weight excluding hydrogens is 288 g/mol. The number of benzene rings is 2. The summed E-state index contributed by atoms with van der Waals surface area (Å²) in [6, 6.07) is 11.9. The minimum absolute atomic E-state index is 0.00132. The molecule has 0 saturated carbocycles. The number of hydrogen-bond donors (Lipinski definition) is 3. The number of carbonyl (C=O) groups excluding carboxylic acids is 1. The normalized spacial score (nSPS) is 12.0. The van der Waals surface area contributed by atoms with Crippen molar-refractivity contribution in [3.05, 3.63) is 58.6 Å². The summed E-state index contributed by atoms with van der Waals surface area (Å²) in [4.78, 5) is 12.3. The van der Waals surface area contributed by atoms with Crippen molar-refractivity contribution in [3.8, 4) is 5.75 Å². The highest BCUT2D eigenvalue weighted by Crippen LogP contribution is 2.25. The molecule has 2 rings (SSSR count). The Bertz CT molecular complexity index is 658. The van der Waals surface area contributed by atoms with Crippen LogP contribution in [0.3, 0.4) is 0 Å². The molecule has 0 heterocycles. The van der Waals surface area contributed by atoms with Crippen LogP contribution in [0.25, 0.3) is 0 Å². The van der Waals surface area contributed by atoms with Crippen molar-refractivity contribution in [3.63, 3.8) is 0 Å². The fourth-order valence-corrected chi connectivity index (χ4v) is 2.22. The molecule has 5 heteroatoms. The minimum atomic E-state index is -0.355. The molecule has 0 aliphatic rings. The highest BCUT2D eigenvalue weighted by Gasteiger charge is 2.15. The summed E-state index contributed by atoms with van der Waals surface area (Å²) in [6.45, 7) is 2.01. The molecule has 1 atom stereocenters. The van der Waals surface area contributed by atoms with Gasteiger partial charge in [-0.1, -0.05) is 29.8 Å². The first kappa shape index (κ1) is 15.4. The zero-order chi connectivity index (χ0) is 15.4. The van der Waals surface area contributed by atoms with E-state index >= 15 is 0 Å². The van der Waals surface area contributed by atoms with Crippen molar-refractivity contribution in [1.29, 1.82) is 0 Å². The Morgan fingerprint density at radius 2 is 1.95 bits per heavy atom. The van der Waals surface area contributed by atoms with Gasteiger partial charge in [0.1, 0.15) is 5.75 Å². The zero-order valence-electron chi connectivity index (χ0n) is 11.9. The molecule has 0 bridgehead atoms. The largest absolute Gasteiger partial charge is 0.508 e. The molecule has 0 spiro atoms. The fraction of sp³-hybridized carbons (Fsp3) is 0.188. The van der Waals surface area contributed by atoms with E-state index in [2.05, 4.69) is 10.6 Å². The minimum Gasteiger partial charge on any atom is -0.508 e. The monoisotopic (exact) mass is 304 g/mol. The van der Waals surface area contributed by atoms with Crippen molar-refractivity contribution >= 4 is 23.2 Å². The van der Waals surface area contributed by atoms with Crippen molar-refractivity contribution in [2.24, 2.45) is 0 Å². The Kier molecular flexibility index (Phi) is 4.83. The molecule has 0 aromatic heterocycles. The van der Waals surface area contributed by atoms with E-state index in [0.717, 1.165) is 5.56 Å². The predicted octanol–water partition coefficient (Wildman–Crippen LogP) is 3.58. The number of phenols is 1. The van der Waals surface area contributed by atoms with Gasteiger partial charge in [-0.15, -0.1) is 0 Å². The van der Waals surface area contributed by atoms with Gasteiger partial charge >= 0.3 is 0 Å². The van der Waals surface area contributed by atoms with Crippen LogP contribution >= 0.6 is 11.6 Å². The van der Waals surface area contributed by atoms with E-state index < -0.39 is 0 Å². The van der Waals surface area contributed by atoms with Crippen LogP contribution in [0.1, 0.15) is 28.9 Å². The van der Waals surface area contributed by atoms with Crippen LogP contribution in [0.15, 0.2) is 42.5 Å². The summed E-state index contributed by atoms with van der Waals surface area (Å²) < 4.78 is 0. The number of hydrogen-bond acceptors (Lipinski definition) is 3. The van der Waals surface area contributed by atoms with Gasteiger partial charge in [-0.25, -0.2) is 0 Å². The Labute approximate surface area is 128 Å². The number of anilines is 1. The van der Waals surface area contributed by atoms with Crippen molar-refractivity contribution in [2.45, 2.75) is 13.0 Å². The number of phenolic OH excluding ortho intramolecular Hbond substituents is 1. The van der Waals surface area contributed by atoms with Gasteiger partial charge in [0.2, 0.25) is 0 Å². The summed E-state index contributed by atoms with van der Waals surface area (Å²) >= 11 is 6.00. The van der Waals surface area contributed by atoms with Crippen LogP contribution in [0.4, 0.5) is 5.69 Å². The lowest BCUT2D eigenvalue weighted by Gasteiger charge is -2.16. The molecule has 1 amide bonds. The molecule has 0 radical (unpaired) electrons. The van der Waals surface area contributed by atoms with Gasteiger partial charge in [0.25, 0.3) is 5.91 Å². The Balaban J connectivity index is 2.30. The second-order valence-corrected chi connectivity index (χ2v) is 5.12. The number of halogens is 1. The standard InChI is InChI=1S/C16H17ClN2O2/c1-10(18-2)12-5-3-4-6-15(12)19-16(21)13-9-11(20)7-8-14(13)17/h3-10,18,20H,1-2H3,(H,19,21). The third-order valence-electron chi connectivity index (χ3n) is 3.30. The van der Waals surface area contributed by atoms with Gasteiger partial charge in [-0.3, -0.25) is 4.79 Å². The summed E-state index contributed by atoms with van der Waals surface area (Å²) in [5.74, 6) is -0.354. The van der Waals surface area contributed by atoms with E-state index in [1.165, 1.54) is 18.2 Å². The average Bonchev–Trinajstić information content (AvgIpc) is 2.49. The highest BCUT2D eigenvalue weighted by atomic mass is 35.5. The second-order valence-electron chi connectivity index (χ2n) is 4.72. The Morgan fingerprint density at radius 3 is 2.67 bits per heavy atom. The molecule has 2 aromatic carbocycles. The quantitative estimate of drug-likeness (QED) is 0.809. The molecule has 0 aliphatic heterocycles. The molecule has 110 valence electrons. The fourth-order valence-electron chi connectivity index (χ4n) is 2.02. The van der Waals surface area contributed by atoms with E-state index in [4.69, 9.17) is 11.6 Å². The smallest absolute Gasteiger partial charge is 0.257 e. The van der Waals surface area contributed by atoms with Gasteiger partial charge in [-0.05, 0) is 43.8 Å². The highest BCUT2D eigenvalue weighted by molar-refractivity contribution is 6.34. The number of rotatable bonds is 4. The zero-order valence-corrected chi connectivity index (χ0v) is 12.6. The average molecular weight is 305 g/mol. The summed E-state index contributed by atoms with van der Waals surface area (Å²) in [5.41, 5.74) is 1.93. The molecule has 21 heavy (non-hydrogen) atoms. The van der Waals surface area contributed by atoms with Crippen molar-refractivity contribution in [2.75, 3.05) is 12.4 Å². The van der Waals surface area contributed by atoms with Gasteiger partial charge in [-0.2, -0.15) is 0 Å². The predicted molar refractivity (Wildman–Crippen MR) is 85.0 cm³/mol. The van der Waals surface area contributed by atoms with Crippen molar-refractivity contribution in [1.82, 2.24) is 5.32 Å². The molecule has 2 aromatic rings. The summed E-state index contributed by atoms with van der Waals surface area (Å²) in [7, 11) is 1.86. The van der Waals surface area contributed by atoms with Crippen LogP contribution in [-0.2, 0) is 0 Å². The molecule has 0 fully saturated rings. The first-order valence-corrected chi connectivity index (χ1v) is 6.96. The first-order valence-electron chi connectivity index (χ1n) is 6.59. The van der Waals surface area contributed by atoms with Crippen LogP contribution in [0, 0.1) is 0 Å². The van der Waals surface area contributed by atoms with Gasteiger partial charge in [0.05, 0.1) is 10.6 Å². The summed E-state index contributed by atoms with van der Waals surface area (Å²) in [5, 5.41) is 15.8. The van der Waals surface area contributed by atoms with Crippen LogP contribution in [0.5, 0.6) is 5.75 Å². The second kappa shape index (κ2) is 6.61. The number of para-hydroxylation sites is 1. The van der Waals surface area contributed by atoms with E-state index in [9.17, 15) is 9.90 Å². The van der Waals surface area contributed by atoms with E-state index in [-0.39, 0.29) is 23.3 Å². The van der Waals surface area contributed by atoms with Crippen molar-refractivity contribution < 1.29 is 9.90 Å². The molecule has 4 nitrogen and oxygen atoms in total. The van der Waals surface area contributed by atoms with Crippen LogP contribution in [-0.4, -0.2) is 18.1 Å². The molecule has 0 aliphatic carbocycles. The van der Waals surface area contributed by atoms with Crippen LogP contribution < -0.4 is 10.6 Å². The lowest BCUT2D eigenvalue weighted by atomic mass is 10.1. The maximum absolute atomic E-state index is 12.3. The van der Waals surface area contributed by atoms with E-state index in [1.807, 2.05) is 38.2 Å². The first-order chi connectivity index (χ1) is 10.0. The maximum atomic E-state index is 12.3. The van der Waals surface area contributed by atoms with Crippen LogP contribution in [0.2, 0.25) is 5.02 Å².